The van der Waals surface area contributed by atoms with Crippen molar-refractivity contribution in [3.05, 3.63) is 36.4 Å². The van der Waals surface area contributed by atoms with E-state index in [4.69, 9.17) is 15.2 Å². The van der Waals surface area contributed by atoms with Gasteiger partial charge in [0.2, 0.25) is 0 Å². The molecule has 1 unspecified atom stereocenters. The number of cyclic esters (lactones) is 1. The Balaban J connectivity index is 2.02. The van der Waals surface area contributed by atoms with Crippen LogP contribution in [0.1, 0.15) is 6.42 Å². The van der Waals surface area contributed by atoms with Crippen molar-refractivity contribution in [2.45, 2.75) is 12.5 Å². The Labute approximate surface area is 104 Å². The van der Waals surface area contributed by atoms with E-state index in [1.807, 2.05) is 24.3 Å². The fourth-order valence-corrected chi connectivity index (χ4v) is 2.14. The summed E-state index contributed by atoms with van der Waals surface area (Å²) >= 11 is 0. The highest BCUT2D eigenvalue weighted by atomic mass is 16.6. The molecule has 2 aromatic carbocycles. The van der Waals surface area contributed by atoms with E-state index < -0.39 is 6.10 Å². The number of anilines is 1. The SMILES string of the molecule is Nc1ccc(OC2CCOC2=O)c2ccccc12. The van der Waals surface area contributed by atoms with Gasteiger partial charge in [0.1, 0.15) is 5.75 Å². The van der Waals surface area contributed by atoms with Crippen molar-refractivity contribution in [2.24, 2.45) is 0 Å². The molecule has 0 radical (unpaired) electrons. The van der Waals surface area contributed by atoms with Gasteiger partial charge in [-0.05, 0) is 12.1 Å². The third-order valence-corrected chi connectivity index (χ3v) is 3.07. The fourth-order valence-electron chi connectivity index (χ4n) is 2.14. The van der Waals surface area contributed by atoms with E-state index >= 15 is 0 Å². The van der Waals surface area contributed by atoms with Crippen LogP contribution in [0, 0.1) is 0 Å². The molecule has 1 aliphatic heterocycles. The highest BCUT2D eigenvalue weighted by Gasteiger charge is 2.28. The molecule has 92 valence electrons. The Kier molecular flexibility index (Phi) is 2.55. The van der Waals surface area contributed by atoms with E-state index in [2.05, 4.69) is 0 Å². The number of carbonyl (C=O) groups excluding carboxylic acids is 1. The number of hydrogen-bond donors (Lipinski definition) is 1. The molecule has 0 saturated carbocycles. The molecule has 3 rings (SSSR count). The number of nitrogens with two attached hydrogens (primary N) is 1. The third kappa shape index (κ3) is 1.76. The van der Waals surface area contributed by atoms with Gasteiger partial charge in [0.05, 0.1) is 6.61 Å². The van der Waals surface area contributed by atoms with Crippen molar-refractivity contribution in [3.8, 4) is 5.75 Å². The molecule has 18 heavy (non-hydrogen) atoms. The van der Waals surface area contributed by atoms with Gasteiger partial charge in [0, 0.05) is 22.9 Å². The second-order valence-electron chi connectivity index (χ2n) is 4.26. The van der Waals surface area contributed by atoms with E-state index in [9.17, 15) is 4.79 Å². The largest absolute Gasteiger partial charge is 0.478 e. The van der Waals surface area contributed by atoms with Crippen LogP contribution in [-0.4, -0.2) is 18.7 Å². The summed E-state index contributed by atoms with van der Waals surface area (Å²) in [5, 5.41) is 1.85. The molecule has 1 atom stereocenters. The monoisotopic (exact) mass is 243 g/mol. The maximum Gasteiger partial charge on any atom is 0.347 e. The maximum atomic E-state index is 11.4. The predicted molar refractivity (Wildman–Crippen MR) is 68.4 cm³/mol. The first-order valence-electron chi connectivity index (χ1n) is 5.86. The molecular formula is C14H13NO3. The Bertz CT molecular complexity index is 609. The number of fused-ring (bicyclic) bond motifs is 1. The van der Waals surface area contributed by atoms with Crippen LogP contribution in [-0.2, 0) is 9.53 Å². The Hall–Kier alpha value is -2.23. The highest BCUT2D eigenvalue weighted by molar-refractivity contribution is 5.97. The van der Waals surface area contributed by atoms with Crippen LogP contribution in [0.15, 0.2) is 36.4 Å². The zero-order valence-electron chi connectivity index (χ0n) is 9.76. The van der Waals surface area contributed by atoms with Crippen LogP contribution < -0.4 is 10.5 Å². The first kappa shape index (κ1) is 10.9. The second-order valence-corrected chi connectivity index (χ2v) is 4.26. The van der Waals surface area contributed by atoms with E-state index in [1.165, 1.54) is 0 Å². The first-order valence-corrected chi connectivity index (χ1v) is 5.86. The Morgan fingerprint density at radius 3 is 2.67 bits per heavy atom. The van der Waals surface area contributed by atoms with Crippen molar-refractivity contribution in [1.82, 2.24) is 0 Å². The standard InChI is InChI=1S/C14H13NO3/c15-11-5-6-12(10-4-2-1-3-9(10)11)18-13-7-8-17-14(13)16/h1-6,13H,7-8,15H2. The van der Waals surface area contributed by atoms with Crippen LogP contribution >= 0.6 is 0 Å². The summed E-state index contributed by atoms with van der Waals surface area (Å²) < 4.78 is 10.6. The molecule has 1 aliphatic rings. The van der Waals surface area contributed by atoms with Crippen LogP contribution in [0.3, 0.4) is 0 Å². The molecule has 0 spiro atoms. The average molecular weight is 243 g/mol. The number of esters is 1. The van der Waals surface area contributed by atoms with E-state index in [0.717, 1.165) is 10.8 Å². The number of rotatable bonds is 2. The van der Waals surface area contributed by atoms with Gasteiger partial charge in [0.15, 0.2) is 6.10 Å². The molecule has 1 fully saturated rings. The molecule has 2 N–H and O–H groups in total. The molecule has 0 aliphatic carbocycles. The number of nitrogen functional groups attached to an aromatic ring is 1. The summed E-state index contributed by atoms with van der Waals surface area (Å²) in [6.45, 7) is 0.427. The Morgan fingerprint density at radius 2 is 1.94 bits per heavy atom. The van der Waals surface area contributed by atoms with Gasteiger partial charge in [-0.25, -0.2) is 4.79 Å². The minimum absolute atomic E-state index is 0.295. The summed E-state index contributed by atoms with van der Waals surface area (Å²) in [5.74, 6) is 0.375. The van der Waals surface area contributed by atoms with Gasteiger partial charge >= 0.3 is 5.97 Å². The quantitative estimate of drug-likeness (QED) is 0.648. The minimum atomic E-state index is -0.503. The number of ether oxygens (including phenoxy) is 2. The van der Waals surface area contributed by atoms with Gasteiger partial charge in [-0.3, -0.25) is 0 Å². The van der Waals surface area contributed by atoms with E-state index in [0.29, 0.717) is 24.5 Å². The molecule has 4 nitrogen and oxygen atoms in total. The normalized spacial score (nSPS) is 18.9. The van der Waals surface area contributed by atoms with Crippen LogP contribution in [0.25, 0.3) is 10.8 Å². The summed E-state index contributed by atoms with van der Waals surface area (Å²) in [6, 6.07) is 11.3. The number of carbonyl (C=O) groups is 1. The van der Waals surface area contributed by atoms with E-state index in [-0.39, 0.29) is 5.97 Å². The lowest BCUT2D eigenvalue weighted by molar-refractivity contribution is -0.143. The van der Waals surface area contributed by atoms with Crippen molar-refractivity contribution in [2.75, 3.05) is 12.3 Å². The molecule has 0 bridgehead atoms. The number of benzene rings is 2. The summed E-state index contributed by atoms with van der Waals surface area (Å²) in [5.41, 5.74) is 6.61. The summed E-state index contributed by atoms with van der Waals surface area (Å²) in [4.78, 5) is 11.4. The Morgan fingerprint density at radius 1 is 1.17 bits per heavy atom. The number of hydrogen-bond acceptors (Lipinski definition) is 4. The lowest BCUT2D eigenvalue weighted by atomic mass is 10.1. The van der Waals surface area contributed by atoms with Crippen molar-refractivity contribution in [1.29, 1.82) is 0 Å². The second kappa shape index (κ2) is 4.22. The zero-order valence-corrected chi connectivity index (χ0v) is 9.76. The molecule has 0 amide bonds. The van der Waals surface area contributed by atoms with Crippen LogP contribution in [0.2, 0.25) is 0 Å². The molecule has 2 aromatic rings. The molecule has 4 heteroatoms. The van der Waals surface area contributed by atoms with Gasteiger partial charge in [-0.1, -0.05) is 24.3 Å². The maximum absolute atomic E-state index is 11.4. The third-order valence-electron chi connectivity index (χ3n) is 3.07. The fraction of sp³-hybridized carbons (Fsp3) is 0.214. The average Bonchev–Trinajstić information content (AvgIpc) is 2.79. The summed E-state index contributed by atoms with van der Waals surface area (Å²) in [6.07, 6.45) is 0.0920. The lowest BCUT2D eigenvalue weighted by Crippen LogP contribution is -2.21. The van der Waals surface area contributed by atoms with Crippen molar-refractivity contribution >= 4 is 22.4 Å². The highest BCUT2D eigenvalue weighted by Crippen LogP contribution is 2.31. The van der Waals surface area contributed by atoms with Gasteiger partial charge in [-0.2, -0.15) is 0 Å². The predicted octanol–water partition coefficient (Wildman–Crippen LogP) is 2.12. The van der Waals surface area contributed by atoms with Crippen molar-refractivity contribution in [3.63, 3.8) is 0 Å². The van der Waals surface area contributed by atoms with Gasteiger partial charge in [-0.15, -0.1) is 0 Å². The van der Waals surface area contributed by atoms with Gasteiger partial charge < -0.3 is 15.2 Å². The van der Waals surface area contributed by atoms with Crippen LogP contribution in [0.4, 0.5) is 5.69 Å². The molecule has 1 saturated heterocycles. The van der Waals surface area contributed by atoms with Crippen LogP contribution in [0.5, 0.6) is 5.75 Å². The van der Waals surface area contributed by atoms with Crippen molar-refractivity contribution < 1.29 is 14.3 Å². The molecule has 0 aromatic heterocycles. The van der Waals surface area contributed by atoms with Gasteiger partial charge in [0.25, 0.3) is 0 Å². The molecule has 1 heterocycles. The minimum Gasteiger partial charge on any atom is -0.478 e. The smallest absolute Gasteiger partial charge is 0.347 e. The topological polar surface area (TPSA) is 61.6 Å². The summed E-state index contributed by atoms with van der Waals surface area (Å²) in [7, 11) is 0. The zero-order chi connectivity index (χ0) is 12.5. The van der Waals surface area contributed by atoms with E-state index in [1.54, 1.807) is 12.1 Å². The molecular weight excluding hydrogens is 230 g/mol. The lowest BCUT2D eigenvalue weighted by Gasteiger charge is -2.13. The first-order chi connectivity index (χ1) is 8.75.